The second-order valence-corrected chi connectivity index (χ2v) is 6.11. The first-order valence-corrected chi connectivity index (χ1v) is 7.67. The molecule has 0 heterocycles. The van der Waals surface area contributed by atoms with Crippen molar-refractivity contribution in [2.24, 2.45) is 0 Å². The Morgan fingerprint density at radius 2 is 0.359 bits per heavy atom. The molecule has 236 valence electrons. The summed E-state index contributed by atoms with van der Waals surface area (Å²) in [6, 6.07) is -17.3. The maximum atomic E-state index is 14.3. The van der Waals surface area contributed by atoms with Gasteiger partial charge < -0.3 is 0 Å². The predicted octanol–water partition coefficient (Wildman–Crippen LogP) is 7.56. The fourth-order valence-corrected chi connectivity index (χ4v) is 1.37. The molecule has 0 bridgehead atoms. The normalized spacial score (nSPS) is 16.6. The van der Waals surface area contributed by atoms with Crippen LogP contribution in [0.2, 0.25) is 0 Å². The lowest BCUT2D eigenvalue weighted by Crippen LogP contribution is -2.70. The summed E-state index contributed by atoms with van der Waals surface area (Å²) in [7, 11) is 0. The Morgan fingerprint density at radius 3 is 0.462 bits per heavy atom. The molecule has 0 aromatic heterocycles. The van der Waals surface area contributed by atoms with Crippen molar-refractivity contribution >= 4 is 0 Å². The third-order valence-electron chi connectivity index (χ3n) is 3.11. The maximum absolute atomic E-state index is 14.3. The molecule has 0 aromatic rings. The first-order chi connectivity index (χ1) is 16.3. The minimum atomic E-state index is -9.03. The Bertz CT molecular complexity index is 722. The van der Waals surface area contributed by atoms with Gasteiger partial charge in [0.05, 0.1) is 0 Å². The van der Waals surface area contributed by atoms with Crippen LogP contribution < -0.4 is 0 Å². The van der Waals surface area contributed by atoms with Crippen molar-refractivity contribution < 1.29 is 124 Å². The van der Waals surface area contributed by atoms with Crippen LogP contribution in [0.3, 0.4) is 0 Å². The van der Waals surface area contributed by atoms with E-state index in [2.05, 4.69) is 0 Å². The predicted molar refractivity (Wildman–Crippen MR) is 61.0 cm³/mol. The van der Waals surface area contributed by atoms with E-state index in [1.54, 1.807) is 0 Å². The summed E-state index contributed by atoms with van der Waals surface area (Å²) in [5, 5.41) is 0. The summed E-state index contributed by atoms with van der Waals surface area (Å²) in [4.78, 5) is 0. The molecule has 0 aliphatic carbocycles. The molecular weight excluding hydrogens is 652 g/mol. The first-order valence-electron chi connectivity index (χ1n) is 7.67. The molecule has 0 spiro atoms. The van der Waals surface area contributed by atoms with E-state index in [1.165, 1.54) is 0 Å². The number of alkyl halides is 24. The van der Waals surface area contributed by atoms with Gasteiger partial charge in [-0.15, -0.1) is 0 Å². The van der Waals surface area contributed by atoms with Crippen molar-refractivity contribution in [3.05, 3.63) is 0 Å². The van der Waals surface area contributed by atoms with Gasteiger partial charge in [-0.25, -0.2) is 18.9 Å². The Morgan fingerprint density at radius 1 is 0.231 bits per heavy atom. The van der Waals surface area contributed by atoms with E-state index < -0.39 is 67.1 Å². The largest absolute Gasteiger partial charge is 0.483 e. The van der Waals surface area contributed by atoms with Crippen molar-refractivity contribution in [3.8, 4) is 0 Å². The van der Waals surface area contributed by atoms with Crippen LogP contribution in [-0.2, 0) is 18.9 Å². The molecule has 39 heavy (non-hydrogen) atoms. The van der Waals surface area contributed by atoms with Crippen molar-refractivity contribution in [2.75, 3.05) is 0 Å². The van der Waals surface area contributed by atoms with Crippen molar-refractivity contribution in [2.45, 2.75) is 67.1 Å². The average Bonchev–Trinajstić information content (AvgIpc) is 2.55. The Balaban J connectivity index is 7.59. The third-order valence-corrected chi connectivity index (χ3v) is 3.11. The quantitative estimate of drug-likeness (QED) is 0.181. The van der Waals surface area contributed by atoms with Gasteiger partial charge in [0.15, 0.2) is 0 Å². The summed E-state index contributed by atoms with van der Waals surface area (Å²) in [6.07, 6.45) is -63.7. The van der Waals surface area contributed by atoms with Crippen LogP contribution in [0, 0.1) is 0 Å². The van der Waals surface area contributed by atoms with Gasteiger partial charge in [0, 0.05) is 0 Å². The van der Waals surface area contributed by atoms with Crippen molar-refractivity contribution in [1.29, 1.82) is 0 Å². The SMILES string of the molecule is FC(F)(F)C(F)(F)OC(F)(OC(F)(F)C(F)(F)F)C(F)(F)C(F)(OC(F)(F)C(F)(F)F)OC(F)(F)C(F)(F)F. The van der Waals surface area contributed by atoms with Crippen molar-refractivity contribution in [1.82, 2.24) is 0 Å². The standard InChI is InChI=1S/C11F24O4/c12-1(13,10(34,36-6(26,27)2(14,15)16)37-7(28,29)3(17,18)19)11(35,38-8(30,31)4(20,21)22)39-9(32,33)5(23,24)25. The smallest absolute Gasteiger partial charge is 0.246 e. The van der Waals surface area contributed by atoms with Crippen LogP contribution in [-0.4, -0.2) is 67.1 Å². The van der Waals surface area contributed by atoms with E-state index >= 15 is 0 Å². The van der Waals surface area contributed by atoms with E-state index in [1.807, 2.05) is 0 Å². The molecule has 0 amide bonds. The first kappa shape index (κ1) is 37.2. The van der Waals surface area contributed by atoms with E-state index in [0.717, 1.165) is 18.9 Å². The number of halogens is 24. The molecule has 4 nitrogen and oxygen atoms in total. The Kier molecular flexibility index (Phi) is 9.17. The van der Waals surface area contributed by atoms with Crippen LogP contribution in [0.4, 0.5) is 105 Å². The number of rotatable bonds is 10. The fraction of sp³-hybridized carbons (Fsp3) is 1.00. The highest BCUT2D eigenvalue weighted by atomic mass is 19.4. The molecule has 0 aromatic carbocycles. The number of hydrogen-bond acceptors (Lipinski definition) is 4. The van der Waals surface area contributed by atoms with E-state index in [9.17, 15) is 105 Å². The average molecular weight is 652 g/mol. The van der Waals surface area contributed by atoms with Gasteiger partial charge in [-0.2, -0.15) is 105 Å². The lowest BCUT2D eigenvalue weighted by molar-refractivity contribution is -0.620. The molecule has 0 atom stereocenters. The van der Waals surface area contributed by atoms with E-state index in [-0.39, 0.29) is 0 Å². The molecule has 0 radical (unpaired) electrons. The summed E-state index contributed by atoms with van der Waals surface area (Å²) in [5.74, 6) is -9.03. The summed E-state index contributed by atoms with van der Waals surface area (Å²) < 4.78 is 310. The van der Waals surface area contributed by atoms with Gasteiger partial charge in [0.2, 0.25) is 0 Å². The van der Waals surface area contributed by atoms with E-state index in [0.29, 0.717) is 0 Å². The van der Waals surface area contributed by atoms with Gasteiger partial charge in [-0.3, -0.25) is 0 Å². The minimum absolute atomic E-state index is 1.10. The maximum Gasteiger partial charge on any atom is 0.483 e. The molecule has 0 fully saturated rings. The molecule has 28 heteroatoms. The number of ether oxygens (including phenoxy) is 4. The second-order valence-electron chi connectivity index (χ2n) is 6.11. The highest BCUT2D eigenvalue weighted by molar-refractivity contribution is 4.93. The third kappa shape index (κ3) is 7.27. The van der Waals surface area contributed by atoms with Gasteiger partial charge in [0.1, 0.15) is 0 Å². The molecule has 0 N–H and O–H groups in total. The molecule has 0 saturated carbocycles. The van der Waals surface area contributed by atoms with Gasteiger partial charge >= 0.3 is 67.1 Å². The van der Waals surface area contributed by atoms with Gasteiger partial charge in [0.25, 0.3) is 0 Å². The zero-order chi connectivity index (χ0) is 32.3. The molecule has 0 saturated heterocycles. The highest BCUT2D eigenvalue weighted by Crippen LogP contribution is 2.58. The monoisotopic (exact) mass is 652 g/mol. The molecule has 0 aliphatic rings. The summed E-state index contributed by atoms with van der Waals surface area (Å²) in [5.41, 5.74) is 0. The second kappa shape index (κ2) is 9.62. The highest BCUT2D eigenvalue weighted by Gasteiger charge is 2.86. The zero-order valence-electron chi connectivity index (χ0n) is 16.2. The van der Waals surface area contributed by atoms with E-state index in [4.69, 9.17) is 0 Å². The molecule has 0 aliphatic heterocycles. The van der Waals surface area contributed by atoms with Crippen LogP contribution >= 0.6 is 0 Å². The van der Waals surface area contributed by atoms with Crippen molar-refractivity contribution in [3.63, 3.8) is 0 Å². The zero-order valence-corrected chi connectivity index (χ0v) is 16.2. The summed E-state index contributed by atoms with van der Waals surface area (Å²) >= 11 is 0. The summed E-state index contributed by atoms with van der Waals surface area (Å²) in [6.45, 7) is 0. The Hall–Kier alpha value is -1.84. The van der Waals surface area contributed by atoms with Crippen LogP contribution in [0.5, 0.6) is 0 Å². The molecule has 0 rings (SSSR count). The molecular formula is C11F24O4. The van der Waals surface area contributed by atoms with Crippen LogP contribution in [0.15, 0.2) is 0 Å². The minimum Gasteiger partial charge on any atom is -0.246 e. The lowest BCUT2D eigenvalue weighted by atomic mass is 10.2. The topological polar surface area (TPSA) is 36.9 Å². The molecule has 0 unspecified atom stereocenters. The lowest BCUT2D eigenvalue weighted by Gasteiger charge is -2.43. The fourth-order valence-electron chi connectivity index (χ4n) is 1.37. The Labute approximate surface area is 193 Å². The number of hydrogen-bond donors (Lipinski definition) is 0. The van der Waals surface area contributed by atoms with Crippen LogP contribution in [0.25, 0.3) is 0 Å². The van der Waals surface area contributed by atoms with Gasteiger partial charge in [-0.05, 0) is 0 Å². The van der Waals surface area contributed by atoms with Gasteiger partial charge in [-0.1, -0.05) is 0 Å². The van der Waals surface area contributed by atoms with Crippen LogP contribution in [0.1, 0.15) is 0 Å².